The fourth-order valence-corrected chi connectivity index (χ4v) is 8.93. The molecular weight excluding hydrogens is 776 g/mol. The molecule has 0 aliphatic carbocycles. The summed E-state index contributed by atoms with van der Waals surface area (Å²) < 4.78 is 47.9. The number of rotatable bonds is 14. The number of aliphatic hydroxyl groups excluding tert-OH is 4. The van der Waals surface area contributed by atoms with Crippen molar-refractivity contribution >= 4 is 11.7 Å². The van der Waals surface area contributed by atoms with E-state index >= 15 is 0 Å². The Morgan fingerprint density at radius 2 is 1.58 bits per heavy atom. The van der Waals surface area contributed by atoms with Crippen LogP contribution in [-0.4, -0.2) is 186 Å². The molecule has 0 radical (unpaired) electrons. The molecule has 3 aliphatic rings. The minimum Gasteiger partial charge on any atom is -0.459 e. The van der Waals surface area contributed by atoms with Crippen molar-refractivity contribution in [3.05, 3.63) is 0 Å². The van der Waals surface area contributed by atoms with Gasteiger partial charge in [0.15, 0.2) is 12.6 Å². The van der Waals surface area contributed by atoms with Crippen molar-refractivity contribution < 1.29 is 78.2 Å². The Bertz CT molecular complexity index is 1320. The van der Waals surface area contributed by atoms with Gasteiger partial charge in [0, 0.05) is 44.4 Å². The molecule has 3 heterocycles. The number of carbonyl (C=O) groups is 1. The van der Waals surface area contributed by atoms with Crippen LogP contribution in [0.3, 0.4) is 0 Å². The highest BCUT2D eigenvalue weighted by atomic mass is 16.7. The molecule has 346 valence electrons. The van der Waals surface area contributed by atoms with Gasteiger partial charge in [-0.15, -0.1) is 0 Å². The Morgan fingerprint density at radius 1 is 0.915 bits per heavy atom. The Balaban J connectivity index is 2.23. The lowest BCUT2D eigenvalue weighted by molar-refractivity contribution is -0.321. The van der Waals surface area contributed by atoms with E-state index in [2.05, 4.69) is 5.16 Å². The molecule has 18 heteroatoms. The molecule has 3 aliphatic heterocycles. The SMILES string of the molecule is CC[C@H]1OC(=O)[C@H](C)[C@@H](O[C@H]2C[C@@](C)(OC)[C@@H](O)[C@H](CO)O2)[C@H](C)[C@@H](O[C@@H]2O[C@H](C)C[C@H](N(C)C)[C@H]2O)[C@](C)(O)C[C@@H](C)/C(=N\OCOCCOC)[C@H](C)[C@@H](O)[C@]1(C)O. The van der Waals surface area contributed by atoms with E-state index in [1.165, 1.54) is 21.1 Å². The zero-order chi connectivity index (χ0) is 44.6. The number of ether oxygens (including phenoxy) is 8. The summed E-state index contributed by atoms with van der Waals surface area (Å²) in [6, 6.07) is -0.352. The van der Waals surface area contributed by atoms with E-state index in [-0.39, 0.29) is 50.5 Å². The maximum Gasteiger partial charge on any atom is 0.311 e. The number of methoxy groups -OCH3 is 2. The van der Waals surface area contributed by atoms with Gasteiger partial charge in [0.2, 0.25) is 6.79 Å². The Morgan fingerprint density at radius 3 is 2.15 bits per heavy atom. The third kappa shape index (κ3) is 12.5. The highest BCUT2D eigenvalue weighted by molar-refractivity contribution is 5.88. The largest absolute Gasteiger partial charge is 0.459 e. The second-order valence-electron chi connectivity index (χ2n) is 17.7. The first-order chi connectivity index (χ1) is 27.5. The Hall–Kier alpha value is -1.62. The fraction of sp³-hybridized carbons (Fsp3) is 0.951. The topological polar surface area (TPSA) is 237 Å². The monoisotopic (exact) mass is 853 g/mol. The molecule has 3 fully saturated rings. The zero-order valence-corrected chi connectivity index (χ0v) is 37.5. The number of esters is 1. The smallest absolute Gasteiger partial charge is 0.311 e. The first-order valence-corrected chi connectivity index (χ1v) is 20.9. The van der Waals surface area contributed by atoms with E-state index in [4.69, 9.17) is 42.7 Å². The molecule has 0 amide bonds. The van der Waals surface area contributed by atoms with Crippen LogP contribution in [0, 0.1) is 23.7 Å². The van der Waals surface area contributed by atoms with Crippen LogP contribution in [0.5, 0.6) is 0 Å². The van der Waals surface area contributed by atoms with Crippen LogP contribution in [0.25, 0.3) is 0 Å². The van der Waals surface area contributed by atoms with Gasteiger partial charge in [-0.3, -0.25) is 4.79 Å². The maximum absolute atomic E-state index is 14.3. The zero-order valence-electron chi connectivity index (χ0n) is 37.5. The number of hydrogen-bond donors (Lipinski definition) is 6. The summed E-state index contributed by atoms with van der Waals surface area (Å²) in [6.45, 7) is 14.7. The van der Waals surface area contributed by atoms with E-state index in [1.807, 2.05) is 25.9 Å². The van der Waals surface area contributed by atoms with E-state index in [0.29, 0.717) is 13.0 Å². The molecule has 0 unspecified atom stereocenters. The first-order valence-electron chi connectivity index (χ1n) is 20.9. The predicted octanol–water partition coefficient (Wildman–Crippen LogP) is 1.18. The van der Waals surface area contributed by atoms with E-state index < -0.39 is 108 Å². The van der Waals surface area contributed by atoms with Gasteiger partial charge in [-0.1, -0.05) is 32.9 Å². The lowest BCUT2D eigenvalue weighted by Crippen LogP contribution is -2.61. The molecule has 18 nitrogen and oxygen atoms in total. The number of cyclic esters (lactones) is 1. The minimum absolute atomic E-state index is 0.0109. The standard InChI is InChI=1S/C41H76N2O16/c1-14-29-41(9,50)34(46)24(4)31(42-54-21-53-16-15-51-12)22(2)18-39(7,49)36(59-38-32(45)27(43(10)11)17-23(3)55-38)25(5)33(26(6)37(48)57-29)58-30-19-40(8,52-13)35(47)28(20-44)56-30/h22-30,32-36,38,44-47,49-50H,14-21H2,1-13H3/b42-31+/t22-,23-,24+,25+,26-,27+,28+,29-,30+,32-,33+,34-,35+,36-,38+,39-,40-,41-/m1/s1. The number of hydrogen-bond acceptors (Lipinski definition) is 18. The highest BCUT2D eigenvalue weighted by Gasteiger charge is 2.53. The molecule has 0 aromatic heterocycles. The van der Waals surface area contributed by atoms with Crippen LogP contribution in [0.1, 0.15) is 88.0 Å². The minimum atomic E-state index is -2.00. The van der Waals surface area contributed by atoms with Crippen LogP contribution in [0.15, 0.2) is 5.16 Å². The summed E-state index contributed by atoms with van der Waals surface area (Å²) in [4.78, 5) is 21.8. The number of oxime groups is 1. The van der Waals surface area contributed by atoms with Crippen molar-refractivity contribution in [2.24, 2.45) is 28.8 Å². The third-order valence-electron chi connectivity index (χ3n) is 12.6. The van der Waals surface area contributed by atoms with Crippen molar-refractivity contribution in [3.8, 4) is 0 Å². The number of carbonyl (C=O) groups excluding carboxylic acids is 1. The normalized spacial score (nSPS) is 45.3. The molecule has 3 saturated heterocycles. The lowest BCUT2D eigenvalue weighted by Gasteiger charge is -2.49. The van der Waals surface area contributed by atoms with Crippen molar-refractivity contribution in [3.63, 3.8) is 0 Å². The van der Waals surface area contributed by atoms with Gasteiger partial charge in [-0.05, 0) is 68.0 Å². The molecule has 0 aromatic rings. The van der Waals surface area contributed by atoms with Crippen molar-refractivity contribution in [1.82, 2.24) is 4.90 Å². The predicted molar refractivity (Wildman–Crippen MR) is 214 cm³/mol. The van der Waals surface area contributed by atoms with Crippen molar-refractivity contribution in [1.29, 1.82) is 0 Å². The molecule has 0 aromatic carbocycles. The van der Waals surface area contributed by atoms with Crippen LogP contribution in [0.2, 0.25) is 0 Å². The third-order valence-corrected chi connectivity index (χ3v) is 12.6. The molecule has 59 heavy (non-hydrogen) atoms. The van der Waals surface area contributed by atoms with Crippen LogP contribution < -0.4 is 0 Å². The van der Waals surface area contributed by atoms with Gasteiger partial charge in [0.1, 0.15) is 30.0 Å². The Kier molecular flexibility index (Phi) is 19.4. The quantitative estimate of drug-likeness (QED) is 0.0623. The summed E-state index contributed by atoms with van der Waals surface area (Å²) >= 11 is 0. The van der Waals surface area contributed by atoms with Gasteiger partial charge in [-0.2, -0.15) is 0 Å². The fourth-order valence-electron chi connectivity index (χ4n) is 8.93. The number of nitrogens with zero attached hydrogens (tertiary/aromatic N) is 2. The van der Waals surface area contributed by atoms with Gasteiger partial charge in [0.05, 0.1) is 67.1 Å². The van der Waals surface area contributed by atoms with E-state index in [0.717, 1.165) is 0 Å². The molecule has 0 saturated carbocycles. The van der Waals surface area contributed by atoms with Crippen LogP contribution in [0.4, 0.5) is 0 Å². The number of likely N-dealkylation sites (N-methyl/N-ethyl adjacent to an activating group) is 1. The van der Waals surface area contributed by atoms with Gasteiger partial charge in [0.25, 0.3) is 0 Å². The molecule has 0 spiro atoms. The summed E-state index contributed by atoms with van der Waals surface area (Å²) in [7, 11) is 6.65. The summed E-state index contributed by atoms with van der Waals surface area (Å²) in [5, 5.41) is 73.8. The lowest BCUT2D eigenvalue weighted by atomic mass is 9.73. The molecular formula is C41H76N2O16. The highest BCUT2D eigenvalue weighted by Crippen LogP contribution is 2.41. The Labute approximate surface area is 350 Å². The van der Waals surface area contributed by atoms with Crippen molar-refractivity contribution in [2.75, 3.05) is 54.9 Å². The molecule has 18 atom stereocenters. The summed E-state index contributed by atoms with van der Waals surface area (Å²) in [5.41, 5.74) is -4.74. The molecule has 0 bridgehead atoms. The first kappa shape index (κ1) is 51.7. The van der Waals surface area contributed by atoms with Gasteiger partial charge >= 0.3 is 5.97 Å². The second-order valence-corrected chi connectivity index (χ2v) is 17.7. The molecule has 6 N–H and O–H groups in total. The van der Waals surface area contributed by atoms with Gasteiger partial charge < -0.3 is 78.3 Å². The second kappa shape index (κ2) is 22.1. The summed E-state index contributed by atoms with van der Waals surface area (Å²) in [5.74, 6) is -4.36. The van der Waals surface area contributed by atoms with E-state index in [9.17, 15) is 35.4 Å². The van der Waals surface area contributed by atoms with Crippen LogP contribution in [-0.2, 0) is 47.5 Å². The number of aliphatic hydroxyl groups is 6. The average Bonchev–Trinajstić information content (AvgIpc) is 3.17. The van der Waals surface area contributed by atoms with Crippen LogP contribution >= 0.6 is 0 Å². The molecule has 3 rings (SSSR count). The maximum atomic E-state index is 14.3. The van der Waals surface area contributed by atoms with Crippen molar-refractivity contribution in [2.45, 2.75) is 172 Å². The van der Waals surface area contributed by atoms with E-state index in [1.54, 1.807) is 48.5 Å². The van der Waals surface area contributed by atoms with Gasteiger partial charge in [-0.25, -0.2) is 0 Å². The average molecular weight is 853 g/mol. The summed E-state index contributed by atoms with van der Waals surface area (Å²) in [6.07, 6.45) is -10.7.